The monoisotopic (exact) mass is 1180 g/mol. The van der Waals surface area contributed by atoms with Gasteiger partial charge in [0.05, 0.1) is 5.57 Å². The maximum Gasteiger partial charge on any atom is 0.215 e. The topological polar surface area (TPSA) is 25.3 Å². The molecule has 86 heavy (non-hydrogen) atoms. The van der Waals surface area contributed by atoms with Gasteiger partial charge in [0.15, 0.2) is 0 Å². The Balaban J connectivity index is 1.54. The van der Waals surface area contributed by atoms with Gasteiger partial charge in [0, 0.05) is 29.5 Å². The molecule has 0 N–H and O–H groups in total. The predicted molar refractivity (Wildman–Crippen MR) is 385 cm³/mol. The van der Waals surface area contributed by atoms with Crippen LogP contribution in [0, 0.1) is 11.8 Å². The van der Waals surface area contributed by atoms with Crippen molar-refractivity contribution in [2.45, 2.75) is 413 Å². The van der Waals surface area contributed by atoms with Crippen molar-refractivity contribution in [2.75, 3.05) is 0 Å². The van der Waals surface area contributed by atoms with Crippen molar-refractivity contribution in [3.63, 3.8) is 0 Å². The molecule has 1 heterocycles. The highest BCUT2D eigenvalue weighted by atomic mass is 15.2. The molecule has 2 aromatic rings. The van der Waals surface area contributed by atoms with E-state index >= 15 is 0 Å². The van der Waals surface area contributed by atoms with E-state index in [1.165, 1.54) is 368 Å². The van der Waals surface area contributed by atoms with E-state index in [1.54, 1.807) is 4.70 Å². The fraction of sp³-hybridized carbons (Fsp3) is 0.762. The summed E-state index contributed by atoms with van der Waals surface area (Å²) in [4.78, 5) is 0. The van der Waals surface area contributed by atoms with E-state index in [4.69, 9.17) is 0 Å². The van der Waals surface area contributed by atoms with Crippen molar-refractivity contribution in [1.29, 1.82) is 0 Å². The minimum absolute atomic E-state index is 0.856. The van der Waals surface area contributed by atoms with Crippen molar-refractivity contribution < 1.29 is 4.70 Å². The van der Waals surface area contributed by atoms with Crippen LogP contribution in [0.1, 0.15) is 422 Å². The van der Waals surface area contributed by atoms with Crippen LogP contribution in [0.2, 0.25) is 0 Å². The quantitative estimate of drug-likeness (QED) is 0.0358. The highest BCUT2D eigenvalue weighted by Gasteiger charge is 2.35. The van der Waals surface area contributed by atoms with Gasteiger partial charge < -0.3 is 5.53 Å². The molecule has 0 saturated carbocycles. The Morgan fingerprint density at radius 2 is 0.698 bits per heavy atom. The molecule has 0 unspecified atom stereocenters. The van der Waals surface area contributed by atoms with Gasteiger partial charge in [0.25, 0.3) is 0 Å². The van der Waals surface area contributed by atoms with Crippen LogP contribution in [0.15, 0.2) is 71.8 Å². The Morgan fingerprint density at radius 3 is 1.14 bits per heavy atom. The zero-order valence-corrected chi connectivity index (χ0v) is 58.1. The lowest BCUT2D eigenvalue weighted by atomic mass is 9.92. The van der Waals surface area contributed by atoms with E-state index in [0.29, 0.717) is 0 Å². The maximum atomic E-state index is 12.8. The lowest BCUT2D eigenvalue weighted by Gasteiger charge is -2.13. The van der Waals surface area contributed by atoms with Gasteiger partial charge in [-0.3, -0.25) is 0 Å². The number of rotatable bonds is 62. The number of aryl methyl sites for hydroxylation is 2. The Labute approximate surface area is 537 Å². The van der Waals surface area contributed by atoms with Gasteiger partial charge in [0.2, 0.25) is 11.4 Å². The molecule has 0 aromatic heterocycles. The molecule has 0 spiro atoms. The minimum atomic E-state index is 0.856. The minimum Gasteiger partial charge on any atom is -0.493 e. The summed E-state index contributed by atoms with van der Waals surface area (Å²) in [7, 11) is 0. The van der Waals surface area contributed by atoms with Gasteiger partial charge in [-0.2, -0.15) is 0 Å². The third-order valence-corrected chi connectivity index (χ3v) is 19.2. The Kier molecular flexibility index (Phi) is 52.2. The van der Waals surface area contributed by atoms with Crippen molar-refractivity contribution >= 4 is 11.4 Å². The van der Waals surface area contributed by atoms with Crippen LogP contribution in [0.5, 0.6) is 0 Å². The second kappa shape index (κ2) is 58.2. The molecule has 0 fully saturated rings. The van der Waals surface area contributed by atoms with Crippen LogP contribution in [-0.2, 0) is 12.8 Å². The van der Waals surface area contributed by atoms with Gasteiger partial charge in [-0.25, -0.2) is 4.70 Å². The number of benzene rings is 2. The average molecular weight is 1180 g/mol. The van der Waals surface area contributed by atoms with Gasteiger partial charge in [-0.1, -0.05) is 391 Å². The first-order chi connectivity index (χ1) is 42.7. The first-order valence-electron chi connectivity index (χ1n) is 38.9. The first kappa shape index (κ1) is 77.1. The van der Waals surface area contributed by atoms with Gasteiger partial charge in [-0.05, 0) is 80.7 Å². The average Bonchev–Trinajstić information content (AvgIpc) is 1.98. The van der Waals surface area contributed by atoms with E-state index in [9.17, 15) is 5.53 Å². The van der Waals surface area contributed by atoms with E-state index < -0.39 is 0 Å². The number of unbranched alkanes of at least 4 members (excludes halogenated alkanes) is 52. The molecular formula is C84H142N2. The van der Waals surface area contributed by atoms with Crippen LogP contribution in [0.25, 0.3) is 16.9 Å². The Hall–Kier alpha value is -3.18. The van der Waals surface area contributed by atoms with Gasteiger partial charge >= 0.3 is 0 Å². The summed E-state index contributed by atoms with van der Waals surface area (Å²) in [6.45, 7) is 9.24. The summed E-state index contributed by atoms with van der Waals surface area (Å²) in [5.74, 6) is 7.18. The van der Waals surface area contributed by atoms with E-state index in [-0.39, 0.29) is 0 Å². The molecule has 0 saturated heterocycles. The third-order valence-electron chi connectivity index (χ3n) is 19.2. The van der Waals surface area contributed by atoms with Crippen LogP contribution in [-0.4, -0.2) is 4.70 Å². The summed E-state index contributed by atoms with van der Waals surface area (Å²) < 4.78 is 1.63. The van der Waals surface area contributed by atoms with Crippen molar-refractivity contribution in [3.05, 3.63) is 99.6 Å². The largest absolute Gasteiger partial charge is 0.493 e. The molecule has 0 amide bonds. The number of hydrogen-bond acceptors (Lipinski definition) is 0. The summed E-state index contributed by atoms with van der Waals surface area (Å²) in [5.41, 5.74) is 22.4. The summed E-state index contributed by atoms with van der Waals surface area (Å²) in [5, 5.41) is 0. The molecule has 0 atom stereocenters. The maximum absolute atomic E-state index is 12.8. The van der Waals surface area contributed by atoms with Gasteiger partial charge in [0.1, 0.15) is 0 Å². The highest BCUT2D eigenvalue weighted by Crippen LogP contribution is 2.44. The summed E-state index contributed by atoms with van der Waals surface area (Å²) in [6, 6.07) is 18.2. The normalized spacial score (nSPS) is 12.7. The second-order valence-corrected chi connectivity index (χ2v) is 27.2. The molecule has 488 valence electrons. The number of nitrogens with zero attached hydrogens (tertiary/aromatic N) is 2. The lowest BCUT2D eigenvalue weighted by Crippen LogP contribution is -2.05. The molecule has 1 aliphatic rings. The standard InChI is InChI=1S/C84H142N2/c1-5-9-13-17-20-23-26-28-30-32-34-35-36-37-38-39-40-41-43-44-46-48-50-52-55-58-62-70-78-71-65-66-73-80(78)84-82(75-64-60-57-53-25-22-19-15-11-7-3)81(83(86(84)85)79-72-67-69-77(76-79)68-61-16-12-8-4)74-63-59-56-54-51-49-47-45-42-33-31-29-27-24-21-18-14-10-6-2/h63,65-67,69,71-74,76H,5-54,56-57,59-62,64,68,70,75H2,1-4H3. The highest BCUT2D eigenvalue weighted by molar-refractivity contribution is 5.85. The number of allylic oxidation sites excluding steroid dienone is 4. The fourth-order valence-electron chi connectivity index (χ4n) is 13.6. The van der Waals surface area contributed by atoms with Crippen LogP contribution in [0.3, 0.4) is 0 Å². The zero-order valence-electron chi connectivity index (χ0n) is 58.1. The molecular weight excluding hydrogens is 1040 g/mol. The van der Waals surface area contributed by atoms with Gasteiger partial charge in [-0.15, -0.1) is 11.8 Å². The van der Waals surface area contributed by atoms with E-state index in [0.717, 1.165) is 61.9 Å². The van der Waals surface area contributed by atoms with E-state index in [2.05, 4.69) is 100 Å². The SMILES string of the molecule is CCCCCCCCCCCCCCCCCCCC=CC1=C(c2cccc(CCCCCC)c2)[N+](=[N-])C(c2ccccc2CCC#CCCCCCCCCCCCCCCCCCCCCCCCCC)=C1CCCCCCCCCCCC. The smallest absolute Gasteiger partial charge is 0.215 e. The number of hydrogen-bond donors (Lipinski definition) is 0. The fourth-order valence-corrected chi connectivity index (χ4v) is 13.6. The predicted octanol–water partition coefficient (Wildman–Crippen LogP) is 29.2. The van der Waals surface area contributed by atoms with Crippen LogP contribution < -0.4 is 0 Å². The summed E-state index contributed by atoms with van der Waals surface area (Å²) >= 11 is 0. The van der Waals surface area contributed by atoms with Crippen LogP contribution in [0.4, 0.5) is 0 Å². The molecule has 0 bridgehead atoms. The molecule has 0 aliphatic carbocycles. The Bertz CT molecular complexity index is 2030. The van der Waals surface area contributed by atoms with Crippen molar-refractivity contribution in [2.24, 2.45) is 0 Å². The molecule has 2 heteroatoms. The lowest BCUT2D eigenvalue weighted by molar-refractivity contribution is -0.345. The molecule has 2 nitrogen and oxygen atoms in total. The first-order valence-corrected chi connectivity index (χ1v) is 38.9. The molecule has 1 aliphatic heterocycles. The van der Waals surface area contributed by atoms with Crippen molar-refractivity contribution in [1.82, 2.24) is 0 Å². The van der Waals surface area contributed by atoms with Crippen molar-refractivity contribution in [3.8, 4) is 11.8 Å². The third kappa shape index (κ3) is 39.7. The summed E-state index contributed by atoms with van der Waals surface area (Å²) in [6.07, 6.45) is 85.8. The zero-order chi connectivity index (χ0) is 61.1. The molecule has 3 rings (SSSR count). The molecule has 2 aromatic carbocycles. The second-order valence-electron chi connectivity index (χ2n) is 27.2. The molecule has 0 radical (unpaired) electrons. The Morgan fingerprint density at radius 1 is 0.337 bits per heavy atom. The van der Waals surface area contributed by atoms with E-state index in [1.807, 2.05) is 0 Å². The van der Waals surface area contributed by atoms with Crippen LogP contribution >= 0.6 is 0 Å².